The number of amides is 1. The van der Waals surface area contributed by atoms with Crippen molar-refractivity contribution in [3.63, 3.8) is 0 Å². The second kappa shape index (κ2) is 7.52. The van der Waals surface area contributed by atoms with Crippen molar-refractivity contribution in [2.24, 2.45) is 5.92 Å². The SMILES string of the molecule is CC1CCC(N(C[C@@H]2CCCO2)C(=O)CC2(O)CCCC2)CC1. The van der Waals surface area contributed by atoms with Crippen LogP contribution in [0, 0.1) is 5.92 Å². The molecule has 0 spiro atoms. The second-order valence-corrected chi connectivity index (χ2v) is 8.20. The molecular weight excluding hydrogens is 290 g/mol. The summed E-state index contributed by atoms with van der Waals surface area (Å²) in [6.07, 6.45) is 11.0. The van der Waals surface area contributed by atoms with Crippen LogP contribution in [0.1, 0.15) is 77.6 Å². The van der Waals surface area contributed by atoms with Gasteiger partial charge in [0, 0.05) is 19.2 Å². The summed E-state index contributed by atoms with van der Waals surface area (Å²) in [7, 11) is 0. The minimum atomic E-state index is -0.742. The minimum Gasteiger partial charge on any atom is -0.389 e. The van der Waals surface area contributed by atoms with Gasteiger partial charge in [0.15, 0.2) is 0 Å². The van der Waals surface area contributed by atoms with Gasteiger partial charge in [0.05, 0.1) is 18.1 Å². The van der Waals surface area contributed by atoms with E-state index < -0.39 is 5.60 Å². The molecule has 0 radical (unpaired) electrons. The molecular formula is C19H33NO3. The Morgan fingerprint density at radius 3 is 2.43 bits per heavy atom. The highest BCUT2D eigenvalue weighted by molar-refractivity contribution is 5.77. The predicted octanol–water partition coefficient (Wildman–Crippen LogP) is 3.27. The molecule has 1 aliphatic heterocycles. The summed E-state index contributed by atoms with van der Waals surface area (Å²) < 4.78 is 5.78. The first-order chi connectivity index (χ1) is 11.1. The van der Waals surface area contributed by atoms with Crippen LogP contribution in [0.2, 0.25) is 0 Å². The molecule has 0 aromatic carbocycles. The van der Waals surface area contributed by atoms with Gasteiger partial charge in [-0.25, -0.2) is 0 Å². The first kappa shape index (κ1) is 17.2. The van der Waals surface area contributed by atoms with E-state index in [-0.39, 0.29) is 12.0 Å². The van der Waals surface area contributed by atoms with Crippen molar-refractivity contribution in [2.45, 2.75) is 95.3 Å². The van der Waals surface area contributed by atoms with E-state index in [1.54, 1.807) is 0 Å². The van der Waals surface area contributed by atoms with E-state index in [0.29, 0.717) is 12.5 Å². The van der Waals surface area contributed by atoms with E-state index in [9.17, 15) is 9.90 Å². The Balaban J connectivity index is 1.64. The average molecular weight is 323 g/mol. The largest absolute Gasteiger partial charge is 0.389 e. The molecule has 2 aliphatic carbocycles. The van der Waals surface area contributed by atoms with E-state index >= 15 is 0 Å². The first-order valence-electron chi connectivity index (χ1n) is 9.69. The quantitative estimate of drug-likeness (QED) is 0.845. The lowest BCUT2D eigenvalue weighted by Crippen LogP contribution is -2.48. The minimum absolute atomic E-state index is 0.157. The van der Waals surface area contributed by atoms with E-state index in [0.717, 1.165) is 70.4 Å². The summed E-state index contributed by atoms with van der Waals surface area (Å²) in [6.45, 7) is 3.87. The van der Waals surface area contributed by atoms with Crippen LogP contribution in [0.5, 0.6) is 0 Å². The van der Waals surface area contributed by atoms with Gasteiger partial charge in [0.25, 0.3) is 0 Å². The van der Waals surface area contributed by atoms with Crippen molar-refractivity contribution in [1.82, 2.24) is 4.90 Å². The summed E-state index contributed by atoms with van der Waals surface area (Å²) in [4.78, 5) is 15.1. The van der Waals surface area contributed by atoms with Crippen molar-refractivity contribution in [3.05, 3.63) is 0 Å². The van der Waals surface area contributed by atoms with Gasteiger partial charge < -0.3 is 14.7 Å². The zero-order valence-electron chi connectivity index (χ0n) is 14.6. The van der Waals surface area contributed by atoms with Crippen molar-refractivity contribution < 1.29 is 14.6 Å². The van der Waals surface area contributed by atoms with Crippen molar-refractivity contribution in [2.75, 3.05) is 13.2 Å². The van der Waals surface area contributed by atoms with Gasteiger partial charge in [-0.15, -0.1) is 0 Å². The van der Waals surface area contributed by atoms with Crippen LogP contribution in [-0.4, -0.2) is 46.8 Å². The maximum atomic E-state index is 13.0. The van der Waals surface area contributed by atoms with E-state index in [2.05, 4.69) is 11.8 Å². The molecule has 3 rings (SSSR count). The summed E-state index contributed by atoms with van der Waals surface area (Å²) in [5.74, 6) is 0.939. The molecule has 0 unspecified atom stereocenters. The normalized spacial score (nSPS) is 33.7. The van der Waals surface area contributed by atoms with Crippen LogP contribution in [0.3, 0.4) is 0 Å². The summed E-state index contributed by atoms with van der Waals surface area (Å²) >= 11 is 0. The van der Waals surface area contributed by atoms with Crippen molar-refractivity contribution in [1.29, 1.82) is 0 Å². The molecule has 0 aromatic rings. The predicted molar refractivity (Wildman–Crippen MR) is 90.1 cm³/mol. The molecule has 4 nitrogen and oxygen atoms in total. The Labute approximate surface area is 140 Å². The Morgan fingerprint density at radius 2 is 1.83 bits per heavy atom. The third-order valence-electron chi connectivity index (χ3n) is 6.19. The van der Waals surface area contributed by atoms with Gasteiger partial charge >= 0.3 is 0 Å². The Morgan fingerprint density at radius 1 is 1.13 bits per heavy atom. The molecule has 4 heteroatoms. The number of ether oxygens (including phenoxy) is 1. The first-order valence-corrected chi connectivity index (χ1v) is 9.69. The number of nitrogens with zero attached hydrogens (tertiary/aromatic N) is 1. The topological polar surface area (TPSA) is 49.8 Å². The molecule has 0 bridgehead atoms. The zero-order chi connectivity index (χ0) is 16.3. The molecule has 0 aromatic heterocycles. The molecule has 1 heterocycles. The number of hydrogen-bond acceptors (Lipinski definition) is 3. The standard InChI is InChI=1S/C19H33NO3/c1-15-6-8-16(9-7-15)20(14-17-5-4-12-23-17)18(21)13-19(22)10-2-3-11-19/h15-17,22H,2-14H2,1H3/t15?,16?,17-/m0/s1. The third kappa shape index (κ3) is 4.48. The highest BCUT2D eigenvalue weighted by Gasteiger charge is 2.38. The number of hydrogen-bond donors (Lipinski definition) is 1. The highest BCUT2D eigenvalue weighted by atomic mass is 16.5. The van der Waals surface area contributed by atoms with Gasteiger partial charge in [0.2, 0.25) is 5.91 Å². The molecule has 1 saturated heterocycles. The van der Waals surface area contributed by atoms with Gasteiger partial charge in [-0.2, -0.15) is 0 Å². The molecule has 3 aliphatic rings. The van der Waals surface area contributed by atoms with Crippen LogP contribution in [0.4, 0.5) is 0 Å². The molecule has 132 valence electrons. The molecule has 2 saturated carbocycles. The lowest BCUT2D eigenvalue weighted by atomic mass is 9.86. The van der Waals surface area contributed by atoms with E-state index in [1.165, 1.54) is 12.8 Å². The maximum absolute atomic E-state index is 13.0. The summed E-state index contributed by atoms with van der Waals surface area (Å²) in [6, 6.07) is 0.355. The van der Waals surface area contributed by atoms with Gasteiger partial charge in [-0.1, -0.05) is 19.8 Å². The number of carbonyl (C=O) groups excluding carboxylic acids is 1. The molecule has 1 atom stereocenters. The number of rotatable bonds is 5. The van der Waals surface area contributed by atoms with Crippen LogP contribution >= 0.6 is 0 Å². The zero-order valence-corrected chi connectivity index (χ0v) is 14.6. The van der Waals surface area contributed by atoms with Crippen molar-refractivity contribution in [3.8, 4) is 0 Å². The van der Waals surface area contributed by atoms with Gasteiger partial charge in [-0.05, 0) is 57.3 Å². The lowest BCUT2D eigenvalue weighted by Gasteiger charge is -2.38. The monoisotopic (exact) mass is 323 g/mol. The van der Waals surface area contributed by atoms with Crippen LogP contribution in [0.25, 0.3) is 0 Å². The van der Waals surface area contributed by atoms with Gasteiger partial charge in [0.1, 0.15) is 0 Å². The van der Waals surface area contributed by atoms with Gasteiger partial charge in [-0.3, -0.25) is 4.79 Å². The number of carbonyl (C=O) groups is 1. The molecule has 1 amide bonds. The van der Waals surface area contributed by atoms with Crippen molar-refractivity contribution >= 4 is 5.91 Å². The molecule has 3 fully saturated rings. The Bertz CT molecular complexity index is 391. The Hall–Kier alpha value is -0.610. The van der Waals surface area contributed by atoms with Crippen LogP contribution < -0.4 is 0 Å². The smallest absolute Gasteiger partial charge is 0.225 e. The fourth-order valence-electron chi connectivity index (χ4n) is 4.61. The maximum Gasteiger partial charge on any atom is 0.225 e. The Kier molecular flexibility index (Phi) is 5.63. The van der Waals surface area contributed by atoms with E-state index in [1.807, 2.05) is 0 Å². The average Bonchev–Trinajstić information content (AvgIpc) is 3.17. The van der Waals surface area contributed by atoms with Crippen LogP contribution in [0.15, 0.2) is 0 Å². The summed E-state index contributed by atoms with van der Waals surface area (Å²) in [5, 5.41) is 10.6. The van der Waals surface area contributed by atoms with Crippen LogP contribution in [-0.2, 0) is 9.53 Å². The third-order valence-corrected chi connectivity index (χ3v) is 6.19. The lowest BCUT2D eigenvalue weighted by molar-refractivity contribution is -0.141. The van der Waals surface area contributed by atoms with E-state index in [4.69, 9.17) is 4.74 Å². The second-order valence-electron chi connectivity index (χ2n) is 8.20. The highest BCUT2D eigenvalue weighted by Crippen LogP contribution is 2.34. The molecule has 23 heavy (non-hydrogen) atoms. The fourth-order valence-corrected chi connectivity index (χ4v) is 4.61. The summed E-state index contributed by atoms with van der Waals surface area (Å²) in [5.41, 5.74) is -0.742. The molecule has 1 N–H and O–H groups in total. The fraction of sp³-hybridized carbons (Fsp3) is 0.947. The number of aliphatic hydroxyl groups is 1.